The van der Waals surface area contributed by atoms with Gasteiger partial charge in [0.15, 0.2) is 0 Å². The molecule has 0 heteroatoms. The van der Waals surface area contributed by atoms with E-state index in [2.05, 4.69) is 156 Å². The summed E-state index contributed by atoms with van der Waals surface area (Å²) < 4.78 is 0. The minimum Gasteiger partial charge on any atom is -0.0720 e. The largest absolute Gasteiger partial charge is 0.0720 e. The predicted molar refractivity (Wildman–Crippen MR) is 172 cm³/mol. The van der Waals surface area contributed by atoms with Gasteiger partial charge in [0.2, 0.25) is 0 Å². The van der Waals surface area contributed by atoms with Gasteiger partial charge in [0.25, 0.3) is 0 Å². The maximum Gasteiger partial charge on any atom is 0.0261 e. The molecule has 0 aliphatic heterocycles. The molecule has 198 valence electrons. The lowest BCUT2D eigenvalue weighted by Crippen LogP contribution is -2.15. The van der Waals surface area contributed by atoms with Crippen LogP contribution in [0.4, 0.5) is 0 Å². The van der Waals surface area contributed by atoms with E-state index < -0.39 is 0 Å². The molecule has 0 bridgehead atoms. The average molecular weight is 519 g/mol. The molecular weight excluding hydrogens is 480 g/mol. The van der Waals surface area contributed by atoms with E-state index in [1.807, 2.05) is 0 Å². The summed E-state index contributed by atoms with van der Waals surface area (Å²) in [5, 5.41) is 0. The molecule has 6 rings (SSSR count). The second-order valence-corrected chi connectivity index (χ2v) is 11.7. The topological polar surface area (TPSA) is 0 Å². The smallest absolute Gasteiger partial charge is 0.0261 e. The van der Waals surface area contributed by atoms with Crippen LogP contribution >= 0.6 is 0 Å². The van der Waals surface area contributed by atoms with E-state index in [0.717, 1.165) is 6.42 Å². The lowest BCUT2D eigenvalue weighted by molar-refractivity contribution is 0.561. The molecule has 0 radical (unpaired) electrons. The van der Waals surface area contributed by atoms with Gasteiger partial charge in [-0.25, -0.2) is 0 Å². The predicted octanol–water partition coefficient (Wildman–Crippen LogP) is 10.8. The van der Waals surface area contributed by atoms with Crippen LogP contribution < -0.4 is 0 Å². The summed E-state index contributed by atoms with van der Waals surface area (Å²) >= 11 is 0. The standard InChI is InChI=1S/C40H38/c1-6-31(28-18-10-7-11-19-28)37-35-26-34(29-20-12-8-13-21-29)32-24-16-17-25-33(32)36(30-22-14-9-15-23-30)39(35)40(4,5)38(37)27(2)3/h7-26,35H,6H2,1-5H3/b37-31-. The SMILES string of the molecule is CC/C(=C1/C(=C(C)C)C(C)(C)C2=C(c3ccccc3)c3ccccc3C(c3ccccc3)=CC21)c1ccccc1. The second-order valence-electron chi connectivity index (χ2n) is 11.7. The first-order chi connectivity index (χ1) is 19.4. The van der Waals surface area contributed by atoms with Crippen LogP contribution in [0.3, 0.4) is 0 Å². The zero-order chi connectivity index (χ0) is 27.9. The lowest BCUT2D eigenvalue weighted by Gasteiger charge is -2.28. The van der Waals surface area contributed by atoms with Crippen molar-refractivity contribution in [2.45, 2.75) is 41.0 Å². The third-order valence-corrected chi connectivity index (χ3v) is 8.73. The van der Waals surface area contributed by atoms with E-state index >= 15 is 0 Å². The highest BCUT2D eigenvalue weighted by atomic mass is 14.5. The molecule has 0 nitrogen and oxygen atoms in total. The van der Waals surface area contributed by atoms with E-state index in [4.69, 9.17) is 0 Å². The highest BCUT2D eigenvalue weighted by molar-refractivity contribution is 5.98. The van der Waals surface area contributed by atoms with Gasteiger partial charge in [-0.1, -0.05) is 148 Å². The quantitative estimate of drug-likeness (QED) is 0.252. The molecule has 0 heterocycles. The van der Waals surface area contributed by atoms with Crippen LogP contribution in [0.15, 0.2) is 144 Å². The molecule has 1 atom stereocenters. The summed E-state index contributed by atoms with van der Waals surface area (Å²) in [5.74, 6) is 0.160. The highest BCUT2D eigenvalue weighted by Gasteiger charge is 2.48. The van der Waals surface area contributed by atoms with Crippen LogP contribution in [0.2, 0.25) is 0 Å². The number of allylic oxidation sites excluding steroid dienone is 6. The summed E-state index contributed by atoms with van der Waals surface area (Å²) in [6.07, 6.45) is 3.57. The summed E-state index contributed by atoms with van der Waals surface area (Å²) in [6, 6.07) is 42.1. The fourth-order valence-corrected chi connectivity index (χ4v) is 7.34. The van der Waals surface area contributed by atoms with E-state index in [-0.39, 0.29) is 11.3 Å². The number of fused-ring (bicyclic) bond motifs is 2. The summed E-state index contributed by atoms with van der Waals surface area (Å²) in [7, 11) is 0. The fraction of sp³-hybridized carbons (Fsp3) is 0.200. The summed E-state index contributed by atoms with van der Waals surface area (Å²) in [5.41, 5.74) is 16.4. The fourth-order valence-electron chi connectivity index (χ4n) is 7.34. The number of rotatable bonds is 4. The van der Waals surface area contributed by atoms with Gasteiger partial charge in [-0.2, -0.15) is 0 Å². The number of hydrogen-bond acceptors (Lipinski definition) is 0. The zero-order valence-corrected chi connectivity index (χ0v) is 24.3. The molecule has 1 unspecified atom stereocenters. The second kappa shape index (κ2) is 10.4. The Labute approximate surface area is 240 Å². The van der Waals surface area contributed by atoms with E-state index in [0.29, 0.717) is 0 Å². The Morgan fingerprint density at radius 1 is 0.650 bits per heavy atom. The Morgan fingerprint density at radius 3 is 1.75 bits per heavy atom. The van der Waals surface area contributed by atoms with Crippen molar-refractivity contribution in [2.75, 3.05) is 0 Å². The van der Waals surface area contributed by atoms with Crippen LogP contribution in [0, 0.1) is 11.3 Å². The van der Waals surface area contributed by atoms with Crippen molar-refractivity contribution < 1.29 is 0 Å². The molecule has 0 spiro atoms. The molecule has 4 aromatic carbocycles. The minimum atomic E-state index is -0.144. The molecule has 0 amide bonds. The summed E-state index contributed by atoms with van der Waals surface area (Å²) in [4.78, 5) is 0. The third-order valence-electron chi connectivity index (χ3n) is 8.73. The van der Waals surface area contributed by atoms with Crippen molar-refractivity contribution in [1.29, 1.82) is 0 Å². The number of hydrogen-bond donors (Lipinski definition) is 0. The molecule has 2 aliphatic carbocycles. The maximum atomic E-state index is 2.59. The maximum absolute atomic E-state index is 2.59. The highest BCUT2D eigenvalue weighted by Crippen LogP contribution is 2.62. The molecule has 0 aromatic heterocycles. The molecule has 1 fully saturated rings. The van der Waals surface area contributed by atoms with Gasteiger partial charge in [0.05, 0.1) is 0 Å². The Balaban J connectivity index is 1.82. The van der Waals surface area contributed by atoms with Crippen molar-refractivity contribution in [3.05, 3.63) is 171 Å². The minimum absolute atomic E-state index is 0.144. The molecular formula is C40H38. The van der Waals surface area contributed by atoms with Crippen LogP contribution in [0.1, 0.15) is 68.9 Å². The van der Waals surface area contributed by atoms with Crippen LogP contribution in [-0.2, 0) is 0 Å². The van der Waals surface area contributed by atoms with Crippen molar-refractivity contribution in [1.82, 2.24) is 0 Å². The van der Waals surface area contributed by atoms with Crippen molar-refractivity contribution in [3.63, 3.8) is 0 Å². The normalized spacial score (nSPS) is 19.0. The Bertz CT molecular complexity index is 1670. The van der Waals surface area contributed by atoms with E-state index in [9.17, 15) is 0 Å². The van der Waals surface area contributed by atoms with Gasteiger partial charge in [0.1, 0.15) is 0 Å². The first kappa shape index (κ1) is 26.1. The molecule has 1 saturated carbocycles. The van der Waals surface area contributed by atoms with Gasteiger partial charge < -0.3 is 0 Å². The van der Waals surface area contributed by atoms with Crippen LogP contribution in [-0.4, -0.2) is 0 Å². The van der Waals surface area contributed by atoms with E-state index in [1.54, 1.807) is 0 Å². The van der Waals surface area contributed by atoms with Crippen LogP contribution in [0.5, 0.6) is 0 Å². The molecule has 40 heavy (non-hydrogen) atoms. The summed E-state index contributed by atoms with van der Waals surface area (Å²) in [6.45, 7) is 11.8. The Hall–Kier alpha value is -4.16. The Kier molecular flexibility index (Phi) is 6.80. The van der Waals surface area contributed by atoms with Crippen molar-refractivity contribution in [2.24, 2.45) is 11.3 Å². The van der Waals surface area contributed by atoms with Gasteiger partial charge in [-0.15, -0.1) is 0 Å². The van der Waals surface area contributed by atoms with E-state index in [1.165, 1.54) is 66.8 Å². The monoisotopic (exact) mass is 518 g/mol. The number of benzene rings is 4. The van der Waals surface area contributed by atoms with Crippen molar-refractivity contribution in [3.8, 4) is 0 Å². The molecule has 2 aliphatic rings. The first-order valence-electron chi connectivity index (χ1n) is 14.6. The van der Waals surface area contributed by atoms with Gasteiger partial charge in [0, 0.05) is 11.3 Å². The zero-order valence-electron chi connectivity index (χ0n) is 24.3. The van der Waals surface area contributed by atoms with Gasteiger partial charge in [-0.05, 0) is 81.5 Å². The molecule has 4 aromatic rings. The Morgan fingerprint density at radius 2 is 1.18 bits per heavy atom. The first-order valence-corrected chi connectivity index (χ1v) is 14.6. The molecule has 0 N–H and O–H groups in total. The lowest BCUT2D eigenvalue weighted by atomic mass is 9.75. The van der Waals surface area contributed by atoms with Gasteiger partial charge in [-0.3, -0.25) is 0 Å². The van der Waals surface area contributed by atoms with Gasteiger partial charge >= 0.3 is 0 Å². The van der Waals surface area contributed by atoms with Crippen LogP contribution in [0.25, 0.3) is 16.7 Å². The third kappa shape index (κ3) is 4.23. The van der Waals surface area contributed by atoms with Crippen molar-refractivity contribution >= 4 is 16.7 Å². The average Bonchev–Trinajstić information content (AvgIpc) is 3.10. The molecule has 0 saturated heterocycles.